The number of rotatable bonds is 2. The number of hydrogen-bond acceptors (Lipinski definition) is 3. The quantitative estimate of drug-likeness (QED) is 0.839. The largest absolute Gasteiger partial charge is 0.496 e. The van der Waals surface area contributed by atoms with Gasteiger partial charge < -0.3 is 14.5 Å². The fourth-order valence-electron chi connectivity index (χ4n) is 2.77. The summed E-state index contributed by atoms with van der Waals surface area (Å²) in [7, 11) is 1.55. The van der Waals surface area contributed by atoms with Gasteiger partial charge in [0.15, 0.2) is 0 Å². The molecule has 6 heteroatoms. The second-order valence-corrected chi connectivity index (χ2v) is 5.89. The van der Waals surface area contributed by atoms with Crippen molar-refractivity contribution in [3.63, 3.8) is 0 Å². The summed E-state index contributed by atoms with van der Waals surface area (Å²) >= 11 is 6.08. The summed E-state index contributed by atoms with van der Waals surface area (Å²) in [5, 5.41) is 0.516. The van der Waals surface area contributed by atoms with Crippen LogP contribution in [-0.2, 0) is 4.79 Å². The Morgan fingerprint density at radius 1 is 1.14 bits per heavy atom. The highest BCUT2D eigenvalue weighted by Gasteiger charge is 2.24. The molecule has 1 heterocycles. The number of carbonyl (C=O) groups excluding carboxylic acids is 2. The van der Waals surface area contributed by atoms with Gasteiger partial charge in [-0.2, -0.15) is 0 Å². The highest BCUT2D eigenvalue weighted by Crippen LogP contribution is 2.29. The van der Waals surface area contributed by atoms with Gasteiger partial charge in [0.05, 0.1) is 12.7 Å². The second kappa shape index (κ2) is 7.01. The molecule has 0 atom stereocenters. The molecule has 0 aromatic heterocycles. The van der Waals surface area contributed by atoms with E-state index in [9.17, 15) is 9.59 Å². The molecule has 120 valence electrons. The van der Waals surface area contributed by atoms with Gasteiger partial charge in [0.25, 0.3) is 5.91 Å². The number of ether oxygens (including phenoxy) is 1. The van der Waals surface area contributed by atoms with Crippen LogP contribution < -0.4 is 4.74 Å². The Morgan fingerprint density at radius 2 is 1.77 bits per heavy atom. The van der Waals surface area contributed by atoms with Gasteiger partial charge in [0.2, 0.25) is 5.91 Å². The Labute approximate surface area is 135 Å². The van der Waals surface area contributed by atoms with E-state index in [1.807, 2.05) is 6.92 Å². The Hall–Kier alpha value is -1.75. The molecule has 1 aromatic carbocycles. The number of benzene rings is 1. The van der Waals surface area contributed by atoms with Crippen molar-refractivity contribution in [1.82, 2.24) is 9.80 Å². The van der Waals surface area contributed by atoms with E-state index < -0.39 is 0 Å². The molecule has 1 aliphatic heterocycles. The molecule has 0 spiro atoms. The number of halogens is 1. The number of aryl methyl sites for hydroxylation is 1. The molecule has 1 saturated heterocycles. The molecule has 0 bridgehead atoms. The van der Waals surface area contributed by atoms with Gasteiger partial charge in [-0.1, -0.05) is 11.6 Å². The normalized spacial score (nSPS) is 15.5. The van der Waals surface area contributed by atoms with E-state index in [0.717, 1.165) is 12.0 Å². The summed E-state index contributed by atoms with van der Waals surface area (Å²) in [6.07, 6.45) is 0.771. The summed E-state index contributed by atoms with van der Waals surface area (Å²) < 4.78 is 5.36. The van der Waals surface area contributed by atoms with Crippen molar-refractivity contribution < 1.29 is 14.3 Å². The zero-order chi connectivity index (χ0) is 16.3. The monoisotopic (exact) mass is 324 g/mol. The van der Waals surface area contributed by atoms with Crippen LogP contribution >= 0.6 is 11.6 Å². The lowest BCUT2D eigenvalue weighted by Crippen LogP contribution is -2.36. The molecule has 0 radical (unpaired) electrons. The van der Waals surface area contributed by atoms with Gasteiger partial charge in [0.1, 0.15) is 5.75 Å². The van der Waals surface area contributed by atoms with Gasteiger partial charge >= 0.3 is 0 Å². The summed E-state index contributed by atoms with van der Waals surface area (Å²) in [6.45, 7) is 5.81. The van der Waals surface area contributed by atoms with Crippen LogP contribution in [0.2, 0.25) is 5.02 Å². The smallest absolute Gasteiger partial charge is 0.257 e. The van der Waals surface area contributed by atoms with E-state index in [4.69, 9.17) is 16.3 Å². The summed E-state index contributed by atoms with van der Waals surface area (Å²) in [5.41, 5.74) is 1.31. The third-order valence-corrected chi connectivity index (χ3v) is 4.12. The molecule has 0 saturated carbocycles. The fraction of sp³-hybridized carbons (Fsp3) is 0.500. The molecular weight excluding hydrogens is 304 g/mol. The predicted octanol–water partition coefficient (Wildman–Crippen LogP) is 2.35. The lowest BCUT2D eigenvalue weighted by Gasteiger charge is -2.23. The van der Waals surface area contributed by atoms with Gasteiger partial charge in [-0.05, 0) is 31.0 Å². The predicted molar refractivity (Wildman–Crippen MR) is 85.5 cm³/mol. The van der Waals surface area contributed by atoms with Crippen LogP contribution in [0.1, 0.15) is 29.3 Å². The number of nitrogens with zero attached hydrogens (tertiary/aromatic N) is 2. The highest BCUT2D eigenvalue weighted by atomic mass is 35.5. The zero-order valence-corrected chi connectivity index (χ0v) is 13.9. The van der Waals surface area contributed by atoms with E-state index in [1.54, 1.807) is 36.0 Å². The molecule has 2 amide bonds. The molecule has 1 aromatic rings. The van der Waals surface area contributed by atoms with Gasteiger partial charge in [-0.25, -0.2) is 0 Å². The van der Waals surface area contributed by atoms with Crippen LogP contribution in [0.3, 0.4) is 0 Å². The van der Waals surface area contributed by atoms with Crippen LogP contribution in [0.5, 0.6) is 5.75 Å². The Kier molecular flexibility index (Phi) is 5.29. The van der Waals surface area contributed by atoms with Gasteiger partial charge in [0, 0.05) is 38.1 Å². The summed E-state index contributed by atoms with van der Waals surface area (Å²) in [6, 6.07) is 3.42. The third kappa shape index (κ3) is 3.53. The van der Waals surface area contributed by atoms with E-state index in [1.165, 1.54) is 0 Å². The number of hydrogen-bond donors (Lipinski definition) is 0. The topological polar surface area (TPSA) is 49.9 Å². The number of amides is 2. The molecule has 1 fully saturated rings. The first kappa shape index (κ1) is 16.6. The Morgan fingerprint density at radius 3 is 2.41 bits per heavy atom. The van der Waals surface area contributed by atoms with Crippen LogP contribution in [0.15, 0.2) is 12.1 Å². The molecule has 0 unspecified atom stereocenters. The third-order valence-electron chi connectivity index (χ3n) is 3.90. The maximum Gasteiger partial charge on any atom is 0.257 e. The van der Waals surface area contributed by atoms with Gasteiger partial charge in [-0.3, -0.25) is 9.59 Å². The molecule has 22 heavy (non-hydrogen) atoms. The van der Waals surface area contributed by atoms with Crippen molar-refractivity contribution in [2.45, 2.75) is 20.3 Å². The first-order chi connectivity index (χ1) is 10.4. The van der Waals surface area contributed by atoms with Crippen molar-refractivity contribution in [2.75, 3.05) is 33.3 Å². The second-order valence-electron chi connectivity index (χ2n) is 5.46. The average molecular weight is 325 g/mol. The van der Waals surface area contributed by atoms with Gasteiger partial charge in [-0.15, -0.1) is 0 Å². The Balaban J connectivity index is 2.23. The molecule has 0 aliphatic carbocycles. The number of methoxy groups -OCH3 is 1. The van der Waals surface area contributed by atoms with Crippen molar-refractivity contribution in [3.8, 4) is 5.75 Å². The van der Waals surface area contributed by atoms with E-state index in [2.05, 4.69) is 0 Å². The Bertz CT molecular complexity index is 589. The zero-order valence-electron chi connectivity index (χ0n) is 13.2. The maximum absolute atomic E-state index is 12.8. The summed E-state index contributed by atoms with van der Waals surface area (Å²) in [4.78, 5) is 27.8. The van der Waals surface area contributed by atoms with Crippen molar-refractivity contribution in [3.05, 3.63) is 28.3 Å². The van der Waals surface area contributed by atoms with Crippen LogP contribution in [0.4, 0.5) is 0 Å². The van der Waals surface area contributed by atoms with Crippen molar-refractivity contribution in [2.24, 2.45) is 0 Å². The lowest BCUT2D eigenvalue weighted by atomic mass is 10.1. The first-order valence-corrected chi connectivity index (χ1v) is 7.70. The molecular formula is C16H21ClN2O3. The summed E-state index contributed by atoms with van der Waals surface area (Å²) in [5.74, 6) is 0.500. The van der Waals surface area contributed by atoms with Crippen LogP contribution in [0.25, 0.3) is 0 Å². The average Bonchev–Trinajstić information content (AvgIpc) is 2.71. The minimum absolute atomic E-state index is 0.0467. The highest BCUT2D eigenvalue weighted by molar-refractivity contribution is 6.31. The minimum Gasteiger partial charge on any atom is -0.496 e. The molecule has 2 rings (SSSR count). The fourth-order valence-corrected chi connectivity index (χ4v) is 3.04. The standard InChI is InChI=1S/C16H21ClN2O3/c1-11-9-13(17)10-14(15(11)22-3)16(21)19-6-4-5-18(7-8-19)12(2)20/h9-10H,4-8H2,1-3H3. The van der Waals surface area contributed by atoms with E-state index in [-0.39, 0.29) is 11.8 Å². The molecule has 0 N–H and O–H groups in total. The minimum atomic E-state index is -0.104. The SMILES string of the molecule is COc1c(C)cc(Cl)cc1C(=O)N1CCCN(C(C)=O)CC1. The van der Waals surface area contributed by atoms with E-state index >= 15 is 0 Å². The van der Waals surface area contributed by atoms with Crippen molar-refractivity contribution >= 4 is 23.4 Å². The number of carbonyl (C=O) groups is 2. The first-order valence-electron chi connectivity index (χ1n) is 7.33. The van der Waals surface area contributed by atoms with E-state index in [0.29, 0.717) is 42.5 Å². The molecule has 5 nitrogen and oxygen atoms in total. The van der Waals surface area contributed by atoms with Crippen molar-refractivity contribution in [1.29, 1.82) is 0 Å². The molecule has 1 aliphatic rings. The van der Waals surface area contributed by atoms with Crippen LogP contribution in [-0.4, -0.2) is 54.9 Å². The van der Waals surface area contributed by atoms with Crippen LogP contribution in [0, 0.1) is 6.92 Å². The lowest BCUT2D eigenvalue weighted by molar-refractivity contribution is -0.128. The maximum atomic E-state index is 12.8.